The van der Waals surface area contributed by atoms with Crippen LogP contribution in [0.4, 0.5) is 8.78 Å². The van der Waals surface area contributed by atoms with Gasteiger partial charge in [-0.15, -0.1) is 0 Å². The number of amides is 2. The molecule has 3 aromatic rings. The molecule has 1 fully saturated rings. The molecule has 158 valence electrons. The predicted molar refractivity (Wildman–Crippen MR) is 101 cm³/mol. The third kappa shape index (κ3) is 4.44. The van der Waals surface area contributed by atoms with Crippen molar-refractivity contribution in [1.29, 1.82) is 0 Å². The number of imidazole rings is 1. The fourth-order valence-corrected chi connectivity index (χ4v) is 3.47. The van der Waals surface area contributed by atoms with Gasteiger partial charge < -0.3 is 10.6 Å². The average molecular weight is 417 g/mol. The highest BCUT2D eigenvalue weighted by molar-refractivity contribution is 5.92. The Labute approximate surface area is 170 Å². The lowest BCUT2D eigenvalue weighted by molar-refractivity contribution is -0.133. The van der Waals surface area contributed by atoms with Crippen molar-refractivity contribution < 1.29 is 18.4 Å². The van der Waals surface area contributed by atoms with Crippen LogP contribution >= 0.6 is 0 Å². The van der Waals surface area contributed by atoms with Gasteiger partial charge in [-0.2, -0.15) is 10.2 Å². The second-order valence-electron chi connectivity index (χ2n) is 7.53. The van der Waals surface area contributed by atoms with Gasteiger partial charge >= 0.3 is 0 Å². The van der Waals surface area contributed by atoms with E-state index in [2.05, 4.69) is 25.8 Å². The van der Waals surface area contributed by atoms with E-state index in [1.54, 1.807) is 42.3 Å². The molecule has 2 N–H and O–H groups in total. The Balaban J connectivity index is 1.30. The number of halogens is 2. The number of rotatable bonds is 7. The molecule has 0 aromatic carbocycles. The minimum absolute atomic E-state index is 0.106. The zero-order valence-corrected chi connectivity index (χ0v) is 16.3. The summed E-state index contributed by atoms with van der Waals surface area (Å²) in [5, 5.41) is 13.7. The molecule has 4 rings (SSSR count). The Morgan fingerprint density at radius 3 is 2.73 bits per heavy atom. The first-order valence-corrected chi connectivity index (χ1v) is 9.53. The van der Waals surface area contributed by atoms with Gasteiger partial charge in [0.05, 0.1) is 24.6 Å². The van der Waals surface area contributed by atoms with Crippen LogP contribution in [0.2, 0.25) is 0 Å². The number of hydrogen-bond donors (Lipinski definition) is 2. The van der Waals surface area contributed by atoms with Crippen LogP contribution in [0.3, 0.4) is 0 Å². The number of carbonyl (C=O) groups is 2. The zero-order chi connectivity index (χ0) is 21.3. The van der Waals surface area contributed by atoms with Crippen LogP contribution in [0, 0.1) is 5.92 Å². The minimum Gasteiger partial charge on any atom is -0.352 e. The number of carbonyl (C=O) groups excluding carboxylic acids is 2. The van der Waals surface area contributed by atoms with Crippen molar-refractivity contribution >= 4 is 17.5 Å². The van der Waals surface area contributed by atoms with Gasteiger partial charge in [0.15, 0.2) is 5.65 Å². The average Bonchev–Trinajstić information content (AvgIpc) is 3.28. The van der Waals surface area contributed by atoms with Crippen molar-refractivity contribution in [3.8, 4) is 0 Å². The molecule has 2 amide bonds. The van der Waals surface area contributed by atoms with E-state index in [-0.39, 0.29) is 50.1 Å². The fraction of sp³-hybridized carbons (Fsp3) is 0.421. The predicted octanol–water partition coefficient (Wildman–Crippen LogP) is 1.44. The van der Waals surface area contributed by atoms with Gasteiger partial charge in [-0.05, 0) is 23.6 Å². The SMILES string of the molecule is Cn1nccc1C(=O)NCc1cn2ncc(CNC(=O)CC3CC(F)(F)C3)cc2n1. The summed E-state index contributed by atoms with van der Waals surface area (Å²) >= 11 is 0. The Morgan fingerprint density at radius 1 is 1.23 bits per heavy atom. The first-order valence-electron chi connectivity index (χ1n) is 9.53. The van der Waals surface area contributed by atoms with Gasteiger partial charge in [0.1, 0.15) is 5.69 Å². The molecule has 0 bridgehead atoms. The zero-order valence-electron chi connectivity index (χ0n) is 16.3. The van der Waals surface area contributed by atoms with Crippen molar-refractivity contribution in [2.75, 3.05) is 0 Å². The topological polar surface area (TPSA) is 106 Å². The number of fused-ring (bicyclic) bond motifs is 1. The highest BCUT2D eigenvalue weighted by Crippen LogP contribution is 2.43. The third-order valence-corrected chi connectivity index (χ3v) is 5.05. The van der Waals surface area contributed by atoms with Crippen molar-refractivity contribution in [3.05, 3.63) is 47.7 Å². The van der Waals surface area contributed by atoms with Gasteiger partial charge in [0.2, 0.25) is 11.8 Å². The van der Waals surface area contributed by atoms with E-state index in [1.807, 2.05) is 0 Å². The quantitative estimate of drug-likeness (QED) is 0.605. The Kier molecular flexibility index (Phi) is 5.18. The molecule has 0 atom stereocenters. The number of alkyl halides is 2. The molecule has 30 heavy (non-hydrogen) atoms. The Hall–Kier alpha value is -3.37. The summed E-state index contributed by atoms with van der Waals surface area (Å²) in [5.41, 5.74) is 2.39. The van der Waals surface area contributed by atoms with E-state index < -0.39 is 5.92 Å². The van der Waals surface area contributed by atoms with Crippen LogP contribution in [0.5, 0.6) is 0 Å². The van der Waals surface area contributed by atoms with E-state index in [1.165, 1.54) is 4.68 Å². The fourth-order valence-electron chi connectivity index (χ4n) is 3.47. The molecule has 0 radical (unpaired) electrons. The molecule has 9 nitrogen and oxygen atoms in total. The van der Waals surface area contributed by atoms with Gasteiger partial charge in [-0.1, -0.05) is 0 Å². The Morgan fingerprint density at radius 2 is 2.03 bits per heavy atom. The second kappa shape index (κ2) is 7.81. The van der Waals surface area contributed by atoms with Crippen molar-refractivity contribution in [3.63, 3.8) is 0 Å². The summed E-state index contributed by atoms with van der Waals surface area (Å²) in [4.78, 5) is 28.5. The smallest absolute Gasteiger partial charge is 0.269 e. The maximum absolute atomic E-state index is 12.9. The number of nitrogens with one attached hydrogen (secondary N) is 2. The van der Waals surface area contributed by atoms with Gasteiger partial charge in [0.25, 0.3) is 5.91 Å². The van der Waals surface area contributed by atoms with E-state index in [9.17, 15) is 18.4 Å². The Bertz CT molecular complexity index is 1080. The summed E-state index contributed by atoms with van der Waals surface area (Å²) in [6.07, 6.45) is 4.52. The van der Waals surface area contributed by atoms with Crippen molar-refractivity contribution in [2.45, 2.75) is 38.3 Å². The van der Waals surface area contributed by atoms with E-state index in [4.69, 9.17) is 0 Å². The molecule has 1 aliphatic carbocycles. The van der Waals surface area contributed by atoms with Gasteiger partial charge in [-0.3, -0.25) is 14.3 Å². The van der Waals surface area contributed by atoms with Gasteiger partial charge in [0, 0.05) is 39.1 Å². The van der Waals surface area contributed by atoms with Crippen LogP contribution in [0.1, 0.15) is 41.0 Å². The van der Waals surface area contributed by atoms with E-state index in [0.29, 0.717) is 17.0 Å². The molecule has 3 heterocycles. The largest absolute Gasteiger partial charge is 0.352 e. The lowest BCUT2D eigenvalue weighted by Crippen LogP contribution is -2.38. The maximum Gasteiger partial charge on any atom is 0.269 e. The van der Waals surface area contributed by atoms with Crippen LogP contribution in [0.25, 0.3) is 5.65 Å². The number of hydrogen-bond acceptors (Lipinski definition) is 5. The first-order chi connectivity index (χ1) is 14.3. The van der Waals surface area contributed by atoms with E-state index >= 15 is 0 Å². The highest BCUT2D eigenvalue weighted by atomic mass is 19.3. The molecular weight excluding hydrogens is 396 g/mol. The molecule has 0 unspecified atom stereocenters. The third-order valence-electron chi connectivity index (χ3n) is 5.05. The molecule has 1 aliphatic rings. The van der Waals surface area contributed by atoms with E-state index in [0.717, 1.165) is 5.56 Å². The monoisotopic (exact) mass is 417 g/mol. The van der Waals surface area contributed by atoms with Crippen molar-refractivity contribution in [2.24, 2.45) is 13.0 Å². The normalized spacial score (nSPS) is 15.7. The van der Waals surface area contributed by atoms with Crippen molar-refractivity contribution in [1.82, 2.24) is 35.0 Å². The van der Waals surface area contributed by atoms with Crippen LogP contribution in [-0.4, -0.2) is 42.1 Å². The maximum atomic E-state index is 12.9. The lowest BCUT2D eigenvalue weighted by Gasteiger charge is -2.34. The summed E-state index contributed by atoms with van der Waals surface area (Å²) in [6, 6.07) is 3.40. The molecule has 0 aliphatic heterocycles. The first kappa shape index (κ1) is 19.9. The molecule has 3 aromatic heterocycles. The summed E-state index contributed by atoms with van der Waals surface area (Å²) < 4.78 is 28.8. The number of aryl methyl sites for hydroxylation is 1. The standard InChI is InChI=1S/C19H21F2N7O2/c1-27-15(2-3-24-27)18(30)23-10-14-11-28-16(26-14)4-13(9-25-28)8-22-17(29)5-12-6-19(20,21)7-12/h2-4,9,11-12H,5-8,10H2,1H3,(H,22,29)(H,23,30). The van der Waals surface area contributed by atoms with Gasteiger partial charge in [-0.25, -0.2) is 18.3 Å². The molecule has 0 spiro atoms. The molecule has 1 saturated carbocycles. The van der Waals surface area contributed by atoms with Crippen LogP contribution in [-0.2, 0) is 24.9 Å². The summed E-state index contributed by atoms with van der Waals surface area (Å²) in [5.74, 6) is -3.38. The molecule has 11 heteroatoms. The lowest BCUT2D eigenvalue weighted by atomic mass is 9.79. The summed E-state index contributed by atoms with van der Waals surface area (Å²) in [7, 11) is 1.69. The molecular formula is C19H21F2N7O2. The minimum atomic E-state index is -2.62. The van der Waals surface area contributed by atoms with Crippen LogP contribution in [0.15, 0.2) is 30.7 Å². The molecule has 0 saturated heterocycles. The summed E-state index contributed by atoms with van der Waals surface area (Å²) in [6.45, 7) is 0.469. The highest BCUT2D eigenvalue weighted by Gasteiger charge is 2.45. The number of aromatic nitrogens is 5. The second-order valence-corrected chi connectivity index (χ2v) is 7.53. The number of nitrogens with zero attached hydrogens (tertiary/aromatic N) is 5. The van der Waals surface area contributed by atoms with Crippen LogP contribution < -0.4 is 10.6 Å².